The minimum absolute atomic E-state index is 0.119. The molecule has 12 nitrogen and oxygen atoms in total. The first-order valence-corrected chi connectivity index (χ1v) is 12.9. The highest BCUT2D eigenvalue weighted by atomic mass is 31.2. The fraction of sp³-hybridized carbons (Fsp3) is 0.455. The number of fused-ring (bicyclic) bond motifs is 1. The molecule has 2 aromatic heterocycles. The molecule has 1 saturated heterocycles. The number of aromatic nitrogens is 4. The van der Waals surface area contributed by atoms with Crippen molar-refractivity contribution in [2.45, 2.75) is 50.9 Å². The van der Waals surface area contributed by atoms with Gasteiger partial charge in [-0.15, -0.1) is 0 Å². The Bertz CT molecular complexity index is 1300. The Kier molecular flexibility index (Phi) is 7.02. The number of hydrogen-bond acceptors (Lipinski definition) is 10. The minimum atomic E-state index is -3.95. The average Bonchev–Trinajstić information content (AvgIpc) is 3.32. The third-order valence-electron chi connectivity index (χ3n) is 5.89. The molecule has 0 saturated carbocycles. The van der Waals surface area contributed by atoms with Crippen molar-refractivity contribution in [1.82, 2.24) is 24.6 Å². The molecule has 1 unspecified atom stereocenters. The SMILES string of the molecule is COC(=O)[C@H](C)NP(=O)(C[C@H]1O[C@@H](n2cnc3c(N)nc(C)nc32)[C@](C)(F)[C@@H]1O)Oc1ccccc1. The lowest BCUT2D eigenvalue weighted by Crippen LogP contribution is -2.42. The summed E-state index contributed by atoms with van der Waals surface area (Å²) in [6, 6.07) is 7.25. The van der Waals surface area contributed by atoms with E-state index in [1.165, 1.54) is 31.9 Å². The lowest BCUT2D eigenvalue weighted by molar-refractivity contribution is -0.142. The predicted octanol–water partition coefficient (Wildman–Crippen LogP) is 2.13. The van der Waals surface area contributed by atoms with Crippen LogP contribution in [-0.4, -0.2) is 67.8 Å². The van der Waals surface area contributed by atoms with Gasteiger partial charge in [0, 0.05) is 0 Å². The summed E-state index contributed by atoms with van der Waals surface area (Å²) in [5.74, 6) is 0.0408. The number of para-hydroxylation sites is 1. The monoisotopic (exact) mass is 522 g/mol. The molecule has 0 bridgehead atoms. The van der Waals surface area contributed by atoms with Gasteiger partial charge in [-0.05, 0) is 32.9 Å². The van der Waals surface area contributed by atoms with Crippen LogP contribution in [0.5, 0.6) is 5.75 Å². The van der Waals surface area contributed by atoms with Gasteiger partial charge in [0.15, 0.2) is 23.4 Å². The highest BCUT2D eigenvalue weighted by molar-refractivity contribution is 7.57. The van der Waals surface area contributed by atoms with Crippen LogP contribution < -0.4 is 15.3 Å². The number of benzene rings is 1. The van der Waals surface area contributed by atoms with Gasteiger partial charge in [-0.25, -0.2) is 24.4 Å². The number of aryl methyl sites for hydroxylation is 1. The Morgan fingerprint density at radius 1 is 1.39 bits per heavy atom. The van der Waals surface area contributed by atoms with Gasteiger partial charge >= 0.3 is 13.5 Å². The number of methoxy groups -OCH3 is 1. The first-order valence-electron chi connectivity index (χ1n) is 11.1. The molecule has 6 atom stereocenters. The van der Waals surface area contributed by atoms with Gasteiger partial charge in [0.2, 0.25) is 0 Å². The zero-order chi connectivity index (χ0) is 26.3. The van der Waals surface area contributed by atoms with Gasteiger partial charge < -0.3 is 24.8 Å². The highest BCUT2D eigenvalue weighted by Gasteiger charge is 2.57. The lowest BCUT2D eigenvalue weighted by Gasteiger charge is -2.27. The first-order chi connectivity index (χ1) is 16.9. The van der Waals surface area contributed by atoms with E-state index in [1.807, 2.05) is 0 Å². The molecule has 4 N–H and O–H groups in total. The number of esters is 1. The topological polar surface area (TPSA) is 164 Å². The maximum absolute atomic E-state index is 15.9. The number of halogens is 1. The highest BCUT2D eigenvalue weighted by Crippen LogP contribution is 2.50. The van der Waals surface area contributed by atoms with Crippen molar-refractivity contribution in [3.63, 3.8) is 0 Å². The number of nitrogens with zero attached hydrogens (tertiary/aromatic N) is 4. The van der Waals surface area contributed by atoms with Crippen molar-refractivity contribution in [3.05, 3.63) is 42.5 Å². The van der Waals surface area contributed by atoms with Crippen molar-refractivity contribution in [3.8, 4) is 5.75 Å². The van der Waals surface area contributed by atoms with Gasteiger partial charge in [0.05, 0.1) is 19.6 Å². The number of hydrogen-bond donors (Lipinski definition) is 3. The lowest BCUT2D eigenvalue weighted by atomic mass is 9.99. The number of ether oxygens (including phenoxy) is 2. The van der Waals surface area contributed by atoms with E-state index in [4.69, 9.17) is 19.7 Å². The molecule has 14 heteroatoms. The van der Waals surface area contributed by atoms with Gasteiger partial charge in [0.25, 0.3) is 0 Å². The molecule has 0 spiro atoms. The maximum atomic E-state index is 15.9. The zero-order valence-electron chi connectivity index (χ0n) is 20.2. The second-order valence-corrected chi connectivity index (χ2v) is 10.9. The normalized spacial score (nSPS) is 26.4. The molecule has 0 radical (unpaired) electrons. The van der Waals surface area contributed by atoms with E-state index in [9.17, 15) is 14.5 Å². The molecule has 1 aliphatic heterocycles. The summed E-state index contributed by atoms with van der Waals surface area (Å²) in [6.07, 6.45) is -3.52. The number of nitrogens with one attached hydrogen (secondary N) is 1. The number of nitrogens with two attached hydrogens (primary N) is 1. The second kappa shape index (κ2) is 9.74. The zero-order valence-corrected chi connectivity index (χ0v) is 21.1. The first kappa shape index (κ1) is 26.0. The Balaban J connectivity index is 1.65. The summed E-state index contributed by atoms with van der Waals surface area (Å²) in [5, 5.41) is 13.5. The van der Waals surface area contributed by atoms with Crippen LogP contribution in [0.1, 0.15) is 25.9 Å². The molecule has 194 valence electrons. The summed E-state index contributed by atoms with van der Waals surface area (Å²) in [5.41, 5.74) is 4.06. The Labute approximate surface area is 206 Å². The fourth-order valence-corrected chi connectivity index (χ4v) is 6.27. The molecule has 0 aliphatic carbocycles. The van der Waals surface area contributed by atoms with Crippen molar-refractivity contribution >= 4 is 30.5 Å². The van der Waals surface area contributed by atoms with Crippen LogP contribution in [-0.2, 0) is 18.8 Å². The van der Waals surface area contributed by atoms with Crippen molar-refractivity contribution < 1.29 is 32.9 Å². The van der Waals surface area contributed by atoms with Crippen molar-refractivity contribution in [2.75, 3.05) is 19.0 Å². The number of rotatable bonds is 8. The predicted molar refractivity (Wildman–Crippen MR) is 128 cm³/mol. The number of carbonyl (C=O) groups is 1. The molecule has 3 heterocycles. The summed E-state index contributed by atoms with van der Waals surface area (Å²) in [4.78, 5) is 24.5. The van der Waals surface area contributed by atoms with E-state index in [1.54, 1.807) is 37.3 Å². The largest absolute Gasteiger partial charge is 0.468 e. The Hall–Kier alpha value is -3.12. The van der Waals surface area contributed by atoms with E-state index in [0.717, 1.165) is 0 Å². The van der Waals surface area contributed by atoms with Gasteiger partial charge in [0.1, 0.15) is 35.3 Å². The van der Waals surface area contributed by atoms with Crippen LogP contribution in [0.4, 0.5) is 10.2 Å². The smallest absolute Gasteiger partial charge is 0.323 e. The van der Waals surface area contributed by atoms with Crippen LogP contribution in [0.2, 0.25) is 0 Å². The summed E-state index contributed by atoms with van der Waals surface area (Å²) >= 11 is 0. The minimum Gasteiger partial charge on any atom is -0.468 e. The van der Waals surface area contributed by atoms with Crippen molar-refractivity contribution in [2.24, 2.45) is 0 Å². The number of carbonyl (C=O) groups excluding carboxylic acids is 1. The fourth-order valence-electron chi connectivity index (χ4n) is 4.12. The number of alkyl halides is 1. The average molecular weight is 522 g/mol. The van der Waals surface area contributed by atoms with E-state index in [-0.39, 0.29) is 22.7 Å². The van der Waals surface area contributed by atoms with Crippen molar-refractivity contribution in [1.29, 1.82) is 0 Å². The van der Waals surface area contributed by atoms with E-state index < -0.39 is 49.8 Å². The Morgan fingerprint density at radius 2 is 2.08 bits per heavy atom. The van der Waals surface area contributed by atoms with Gasteiger partial charge in [-0.1, -0.05) is 18.2 Å². The summed E-state index contributed by atoms with van der Waals surface area (Å²) < 4.78 is 47.5. The van der Waals surface area contributed by atoms with Crippen LogP contribution in [0.15, 0.2) is 36.7 Å². The standard InChI is InChI=1S/C22H28FN6O6P/c1-12(20(31)33-4)28-36(32,35-14-8-6-5-7-9-14)10-15-17(30)22(3,23)21(34-15)29-11-25-16-18(24)26-13(2)27-19(16)29/h5-9,11-12,15,17,21,30H,10H2,1-4H3,(H,28,32)(H2,24,26,27)/t12-,15+,17+,21+,22+,36?/m0/s1. The third kappa shape index (κ3) is 4.92. The Morgan fingerprint density at radius 3 is 2.75 bits per heavy atom. The van der Waals surface area contributed by atoms with Crippen LogP contribution >= 0.6 is 7.52 Å². The third-order valence-corrected chi connectivity index (χ3v) is 8.02. The van der Waals surface area contributed by atoms with E-state index in [2.05, 4.69) is 20.0 Å². The summed E-state index contributed by atoms with van der Waals surface area (Å²) in [7, 11) is -2.75. The van der Waals surface area contributed by atoms with Crippen LogP contribution in [0.25, 0.3) is 11.2 Å². The number of aliphatic hydroxyl groups is 1. The molecule has 0 amide bonds. The quantitative estimate of drug-likeness (QED) is 0.293. The molecule has 36 heavy (non-hydrogen) atoms. The number of imidazole rings is 1. The number of anilines is 1. The molecule has 3 aromatic rings. The van der Waals surface area contributed by atoms with Gasteiger partial charge in [-0.3, -0.25) is 13.9 Å². The van der Waals surface area contributed by atoms with Crippen LogP contribution in [0, 0.1) is 6.92 Å². The molecular weight excluding hydrogens is 494 g/mol. The maximum Gasteiger partial charge on any atom is 0.323 e. The molecule has 1 aromatic carbocycles. The second-order valence-electron chi connectivity index (χ2n) is 8.74. The van der Waals surface area contributed by atoms with Gasteiger partial charge in [-0.2, -0.15) is 0 Å². The number of aliphatic hydroxyl groups excluding tert-OH is 1. The van der Waals surface area contributed by atoms with E-state index in [0.29, 0.717) is 5.82 Å². The number of nitrogen functional groups attached to an aromatic ring is 1. The van der Waals surface area contributed by atoms with E-state index >= 15 is 4.39 Å². The van der Waals surface area contributed by atoms with Crippen LogP contribution in [0.3, 0.4) is 0 Å². The molecular formula is C22H28FN6O6P. The molecule has 1 aliphatic rings. The molecule has 4 rings (SSSR count). The summed E-state index contributed by atoms with van der Waals surface area (Å²) in [6.45, 7) is 4.24. The molecule has 1 fully saturated rings.